The van der Waals surface area contributed by atoms with Crippen molar-refractivity contribution in [1.29, 1.82) is 0 Å². The van der Waals surface area contributed by atoms with Crippen LogP contribution < -0.4 is 10.6 Å². The Morgan fingerprint density at radius 2 is 2.24 bits per heavy atom. The van der Waals surface area contributed by atoms with Gasteiger partial charge >= 0.3 is 6.09 Å². The van der Waals surface area contributed by atoms with Gasteiger partial charge in [0.05, 0.1) is 6.54 Å². The molecular formula is C18H30N4O2S. The van der Waals surface area contributed by atoms with Gasteiger partial charge in [0, 0.05) is 31.6 Å². The molecule has 0 aromatic carbocycles. The van der Waals surface area contributed by atoms with Crippen LogP contribution in [0.1, 0.15) is 38.5 Å². The van der Waals surface area contributed by atoms with Crippen molar-refractivity contribution < 1.29 is 9.53 Å². The van der Waals surface area contributed by atoms with E-state index in [1.807, 2.05) is 31.7 Å². The van der Waals surface area contributed by atoms with Crippen LogP contribution in [0.4, 0.5) is 4.79 Å². The molecule has 0 spiro atoms. The number of carbonyl (C=O) groups is 1. The summed E-state index contributed by atoms with van der Waals surface area (Å²) >= 11 is 1.73. The lowest BCUT2D eigenvalue weighted by Crippen LogP contribution is -2.47. The molecular weight excluding hydrogens is 336 g/mol. The van der Waals surface area contributed by atoms with Crippen LogP contribution in [-0.4, -0.2) is 49.2 Å². The summed E-state index contributed by atoms with van der Waals surface area (Å²) in [4.78, 5) is 19.6. The average molecular weight is 367 g/mol. The zero-order valence-corrected chi connectivity index (χ0v) is 16.5. The number of hydrogen-bond donors (Lipinski definition) is 2. The van der Waals surface area contributed by atoms with E-state index >= 15 is 0 Å². The summed E-state index contributed by atoms with van der Waals surface area (Å²) in [6.45, 7) is 8.77. The molecule has 2 heterocycles. The van der Waals surface area contributed by atoms with Crippen LogP contribution in [0.3, 0.4) is 0 Å². The quantitative estimate of drug-likeness (QED) is 0.635. The van der Waals surface area contributed by atoms with Crippen LogP contribution in [0.15, 0.2) is 22.5 Å². The third kappa shape index (κ3) is 6.94. The molecule has 140 valence electrons. The number of guanidine groups is 1. The molecule has 2 rings (SSSR count). The van der Waals surface area contributed by atoms with Crippen molar-refractivity contribution in [3.8, 4) is 0 Å². The van der Waals surface area contributed by atoms with E-state index in [1.165, 1.54) is 4.88 Å². The molecule has 1 aliphatic rings. The molecule has 1 unspecified atom stereocenters. The first-order valence-corrected chi connectivity index (χ1v) is 9.70. The summed E-state index contributed by atoms with van der Waals surface area (Å²) in [5.41, 5.74) is -0.448. The Morgan fingerprint density at radius 1 is 1.44 bits per heavy atom. The fourth-order valence-electron chi connectivity index (χ4n) is 2.77. The Balaban J connectivity index is 1.76. The number of piperidine rings is 1. The number of ether oxygens (including phenoxy) is 1. The minimum absolute atomic E-state index is 0.211. The van der Waals surface area contributed by atoms with E-state index in [0.717, 1.165) is 45.0 Å². The Hall–Kier alpha value is -1.76. The number of rotatable bonds is 4. The number of nitrogens with zero attached hydrogens (tertiary/aromatic N) is 2. The second-order valence-corrected chi connectivity index (χ2v) is 8.35. The first-order valence-electron chi connectivity index (χ1n) is 8.82. The lowest BCUT2D eigenvalue weighted by molar-refractivity contribution is 0.0168. The van der Waals surface area contributed by atoms with Crippen molar-refractivity contribution in [1.82, 2.24) is 15.5 Å². The molecule has 25 heavy (non-hydrogen) atoms. The summed E-state index contributed by atoms with van der Waals surface area (Å²) in [6.07, 6.45) is 1.90. The molecule has 0 radical (unpaired) electrons. The maximum absolute atomic E-state index is 12.2. The third-order valence-corrected chi connectivity index (χ3v) is 4.84. The third-order valence-electron chi connectivity index (χ3n) is 3.96. The van der Waals surface area contributed by atoms with Gasteiger partial charge in [0.15, 0.2) is 5.96 Å². The fourth-order valence-corrected chi connectivity index (χ4v) is 3.41. The van der Waals surface area contributed by atoms with Crippen molar-refractivity contribution in [3.05, 3.63) is 22.4 Å². The Labute approximate surface area is 154 Å². The van der Waals surface area contributed by atoms with Crippen LogP contribution >= 0.6 is 11.3 Å². The van der Waals surface area contributed by atoms with Gasteiger partial charge in [0.2, 0.25) is 0 Å². The number of hydrogen-bond acceptors (Lipinski definition) is 4. The molecule has 1 saturated heterocycles. The van der Waals surface area contributed by atoms with Gasteiger partial charge in [-0.1, -0.05) is 6.07 Å². The molecule has 0 bridgehead atoms. The summed E-state index contributed by atoms with van der Waals surface area (Å²) < 4.78 is 5.48. The van der Waals surface area contributed by atoms with Crippen molar-refractivity contribution in [2.45, 2.75) is 45.8 Å². The van der Waals surface area contributed by atoms with E-state index in [0.29, 0.717) is 5.92 Å². The molecule has 1 aliphatic heterocycles. The molecule has 0 saturated carbocycles. The lowest BCUT2D eigenvalue weighted by Gasteiger charge is -2.34. The standard InChI is InChI=1S/C18H30N4O2S/c1-18(2,3)24-17(23)22-9-5-7-14(13-22)11-20-16(19-4)21-12-15-8-6-10-25-15/h6,8,10,14H,5,7,9,11-13H2,1-4H3,(H2,19,20,21). The SMILES string of the molecule is CN=C(NCc1cccs1)NCC1CCCN(C(=O)OC(C)(C)C)C1. The highest BCUT2D eigenvalue weighted by Crippen LogP contribution is 2.18. The van der Waals surface area contributed by atoms with Gasteiger partial charge in [0.1, 0.15) is 5.60 Å². The van der Waals surface area contributed by atoms with Gasteiger partial charge in [-0.05, 0) is 51.0 Å². The zero-order chi connectivity index (χ0) is 18.3. The van der Waals surface area contributed by atoms with Gasteiger partial charge < -0.3 is 20.3 Å². The highest BCUT2D eigenvalue weighted by atomic mass is 32.1. The maximum Gasteiger partial charge on any atom is 0.410 e. The van der Waals surface area contributed by atoms with Gasteiger partial charge in [-0.3, -0.25) is 4.99 Å². The number of nitrogens with one attached hydrogen (secondary N) is 2. The normalized spacial score (nSPS) is 18.8. The van der Waals surface area contributed by atoms with Gasteiger partial charge in [-0.25, -0.2) is 4.79 Å². The molecule has 2 N–H and O–H groups in total. The highest BCUT2D eigenvalue weighted by Gasteiger charge is 2.27. The second-order valence-electron chi connectivity index (χ2n) is 7.32. The van der Waals surface area contributed by atoms with Crippen LogP contribution in [0.2, 0.25) is 0 Å². The summed E-state index contributed by atoms with van der Waals surface area (Å²) in [7, 11) is 1.78. The number of thiophene rings is 1. The van der Waals surface area contributed by atoms with Crippen LogP contribution in [0.5, 0.6) is 0 Å². The lowest BCUT2D eigenvalue weighted by atomic mass is 9.98. The first-order chi connectivity index (χ1) is 11.9. The Bertz CT molecular complexity index is 566. The van der Waals surface area contributed by atoms with Crippen molar-refractivity contribution in [2.75, 3.05) is 26.7 Å². The molecule has 1 aromatic heterocycles. The summed E-state index contributed by atoms with van der Waals surface area (Å²) in [5, 5.41) is 8.76. The van der Waals surface area contributed by atoms with E-state index < -0.39 is 5.60 Å². The van der Waals surface area contributed by atoms with E-state index in [9.17, 15) is 4.79 Å². The molecule has 1 amide bonds. The maximum atomic E-state index is 12.2. The number of amides is 1. The van der Waals surface area contributed by atoms with Crippen LogP contribution in [0.25, 0.3) is 0 Å². The number of aliphatic imine (C=N–C) groups is 1. The number of carbonyl (C=O) groups excluding carboxylic acids is 1. The van der Waals surface area contributed by atoms with Crippen molar-refractivity contribution >= 4 is 23.4 Å². The smallest absolute Gasteiger partial charge is 0.410 e. The van der Waals surface area contributed by atoms with Gasteiger partial charge in [-0.2, -0.15) is 0 Å². The minimum atomic E-state index is -0.448. The number of likely N-dealkylation sites (tertiary alicyclic amines) is 1. The first kappa shape index (κ1) is 19.6. The molecule has 1 atom stereocenters. The Kier molecular flexibility index (Phi) is 7.11. The average Bonchev–Trinajstić information content (AvgIpc) is 3.07. The topological polar surface area (TPSA) is 66.0 Å². The fraction of sp³-hybridized carbons (Fsp3) is 0.667. The molecule has 1 aromatic rings. The highest BCUT2D eigenvalue weighted by molar-refractivity contribution is 7.09. The largest absolute Gasteiger partial charge is 0.444 e. The predicted molar refractivity (Wildman–Crippen MR) is 103 cm³/mol. The monoisotopic (exact) mass is 366 g/mol. The van der Waals surface area contributed by atoms with Gasteiger partial charge in [0.25, 0.3) is 0 Å². The molecule has 0 aliphatic carbocycles. The Morgan fingerprint density at radius 3 is 2.88 bits per heavy atom. The van der Waals surface area contributed by atoms with E-state index in [1.54, 1.807) is 18.4 Å². The van der Waals surface area contributed by atoms with Crippen molar-refractivity contribution in [2.24, 2.45) is 10.9 Å². The molecule has 7 heteroatoms. The van der Waals surface area contributed by atoms with E-state index in [-0.39, 0.29) is 6.09 Å². The minimum Gasteiger partial charge on any atom is -0.444 e. The predicted octanol–water partition coefficient (Wildman–Crippen LogP) is 3.06. The van der Waals surface area contributed by atoms with E-state index in [2.05, 4.69) is 27.1 Å². The zero-order valence-electron chi connectivity index (χ0n) is 15.7. The van der Waals surface area contributed by atoms with E-state index in [4.69, 9.17) is 4.74 Å². The summed E-state index contributed by atoms with van der Waals surface area (Å²) in [6, 6.07) is 4.15. The van der Waals surface area contributed by atoms with Gasteiger partial charge in [-0.15, -0.1) is 11.3 Å². The summed E-state index contributed by atoms with van der Waals surface area (Å²) in [5.74, 6) is 1.20. The van der Waals surface area contributed by atoms with Crippen molar-refractivity contribution in [3.63, 3.8) is 0 Å². The van der Waals surface area contributed by atoms with Crippen LogP contribution in [0, 0.1) is 5.92 Å². The molecule has 6 nitrogen and oxygen atoms in total. The molecule has 1 fully saturated rings. The van der Waals surface area contributed by atoms with Crippen LogP contribution in [-0.2, 0) is 11.3 Å². The second kappa shape index (κ2) is 9.08.